The molecule has 0 aliphatic carbocycles. The lowest BCUT2D eigenvalue weighted by atomic mass is 10.1. The van der Waals surface area contributed by atoms with E-state index in [1.165, 1.54) is 0 Å². The molecule has 2 aromatic heterocycles. The molecule has 0 bridgehead atoms. The average Bonchev–Trinajstić information content (AvgIpc) is 3.19. The number of hydrogen-bond donors (Lipinski definition) is 1. The number of rotatable bonds is 4. The van der Waals surface area contributed by atoms with Gasteiger partial charge in [-0.05, 0) is 36.4 Å². The first-order chi connectivity index (χ1) is 11.1. The summed E-state index contributed by atoms with van der Waals surface area (Å²) in [6.45, 7) is 3.20. The second-order valence-corrected chi connectivity index (χ2v) is 6.68. The van der Waals surface area contributed by atoms with Gasteiger partial charge in [-0.15, -0.1) is 0 Å². The second kappa shape index (κ2) is 6.82. The summed E-state index contributed by atoms with van der Waals surface area (Å²) in [6.07, 6.45) is 3.57. The number of morpholine rings is 1. The zero-order chi connectivity index (χ0) is 16.4. The molecule has 6 nitrogen and oxygen atoms in total. The van der Waals surface area contributed by atoms with E-state index in [4.69, 9.17) is 4.74 Å². The molecule has 0 radical (unpaired) electrons. The molecule has 1 saturated heterocycles. The molecule has 3 rings (SSSR count). The number of nitrogens with zero attached hydrogens (tertiary/aromatic N) is 3. The molecule has 3 unspecified atom stereocenters. The molecule has 0 aromatic carbocycles. The number of thiophene rings is 1. The van der Waals surface area contributed by atoms with Crippen molar-refractivity contribution in [2.45, 2.75) is 25.2 Å². The van der Waals surface area contributed by atoms with Gasteiger partial charge in [0.05, 0.1) is 18.8 Å². The van der Waals surface area contributed by atoms with E-state index in [9.17, 15) is 4.79 Å². The van der Waals surface area contributed by atoms with E-state index < -0.39 is 0 Å². The summed E-state index contributed by atoms with van der Waals surface area (Å²) in [7, 11) is 3.65. The minimum absolute atomic E-state index is 0.0176. The van der Waals surface area contributed by atoms with Crippen LogP contribution in [0.2, 0.25) is 0 Å². The lowest BCUT2D eigenvalue weighted by Crippen LogP contribution is -2.49. The first-order valence-corrected chi connectivity index (χ1v) is 8.65. The summed E-state index contributed by atoms with van der Waals surface area (Å²) >= 11 is 1.65. The number of nitrogens with one attached hydrogen (secondary N) is 1. The zero-order valence-electron chi connectivity index (χ0n) is 13.6. The normalized spacial score (nSPS) is 23.0. The summed E-state index contributed by atoms with van der Waals surface area (Å²) < 4.78 is 7.72. The van der Waals surface area contributed by atoms with Gasteiger partial charge in [-0.25, -0.2) is 0 Å². The Hall–Kier alpha value is -1.70. The van der Waals surface area contributed by atoms with Gasteiger partial charge in [0.15, 0.2) is 0 Å². The summed E-state index contributed by atoms with van der Waals surface area (Å²) in [6, 6.07) is 1.68. The predicted octanol–water partition coefficient (Wildman–Crippen LogP) is 1.73. The van der Waals surface area contributed by atoms with Gasteiger partial charge in [-0.3, -0.25) is 9.48 Å². The highest BCUT2D eigenvalue weighted by molar-refractivity contribution is 7.07. The molecule has 0 spiro atoms. The van der Waals surface area contributed by atoms with E-state index >= 15 is 0 Å². The van der Waals surface area contributed by atoms with Gasteiger partial charge in [0.1, 0.15) is 12.1 Å². The van der Waals surface area contributed by atoms with E-state index in [-0.39, 0.29) is 24.2 Å². The van der Waals surface area contributed by atoms with Gasteiger partial charge < -0.3 is 15.0 Å². The van der Waals surface area contributed by atoms with E-state index in [1.807, 2.05) is 30.4 Å². The third kappa shape index (κ3) is 3.46. The van der Waals surface area contributed by atoms with Crippen LogP contribution in [0.3, 0.4) is 0 Å². The number of carbonyl (C=O) groups excluding carboxylic acids is 1. The summed E-state index contributed by atoms with van der Waals surface area (Å²) in [5, 5.41) is 11.4. The van der Waals surface area contributed by atoms with Gasteiger partial charge in [-0.1, -0.05) is 0 Å². The fraction of sp³-hybridized carbons (Fsp3) is 0.500. The second-order valence-electron chi connectivity index (χ2n) is 5.90. The van der Waals surface area contributed by atoms with Crippen molar-refractivity contribution in [1.82, 2.24) is 20.0 Å². The van der Waals surface area contributed by atoms with Crippen molar-refractivity contribution >= 4 is 17.2 Å². The maximum Gasteiger partial charge on any atom is 0.244 e. The van der Waals surface area contributed by atoms with Crippen molar-refractivity contribution in [2.75, 3.05) is 20.1 Å². The number of amides is 1. The van der Waals surface area contributed by atoms with Crippen molar-refractivity contribution in [2.24, 2.45) is 7.05 Å². The fourth-order valence-corrected chi connectivity index (χ4v) is 3.68. The first-order valence-electron chi connectivity index (χ1n) is 7.70. The topological polar surface area (TPSA) is 59.4 Å². The van der Waals surface area contributed by atoms with Crippen LogP contribution < -0.4 is 5.32 Å². The van der Waals surface area contributed by atoms with Crippen molar-refractivity contribution in [1.29, 1.82) is 0 Å². The fourth-order valence-electron chi connectivity index (χ4n) is 2.98. The first kappa shape index (κ1) is 16.2. The Labute approximate surface area is 140 Å². The molecule has 1 N–H and O–H groups in total. The molecule has 1 fully saturated rings. The minimum atomic E-state index is -0.378. The molecular formula is C16H22N4O2S. The average molecular weight is 334 g/mol. The monoisotopic (exact) mass is 334 g/mol. The molecule has 1 aliphatic heterocycles. The zero-order valence-corrected chi connectivity index (χ0v) is 14.4. The maximum absolute atomic E-state index is 13.0. The van der Waals surface area contributed by atoms with Crippen LogP contribution in [0.25, 0.3) is 0 Å². The lowest BCUT2D eigenvalue weighted by molar-refractivity contribution is -0.147. The van der Waals surface area contributed by atoms with E-state index in [1.54, 1.807) is 29.3 Å². The Morgan fingerprint density at radius 2 is 2.35 bits per heavy atom. The molecule has 3 heterocycles. The van der Waals surface area contributed by atoms with Crippen molar-refractivity contribution < 1.29 is 9.53 Å². The molecule has 2 aromatic rings. The molecule has 1 amide bonds. The molecule has 1 aliphatic rings. The molecule has 0 saturated carbocycles. The number of likely N-dealkylation sites (N-methyl/N-ethyl adjacent to an activating group) is 1. The van der Waals surface area contributed by atoms with Gasteiger partial charge in [0, 0.05) is 25.4 Å². The highest BCUT2D eigenvalue weighted by atomic mass is 32.1. The SMILES string of the molecule is CNC(C(=O)N1CC(C)OC(c2ccsc2)C1)c1cnn(C)c1. The van der Waals surface area contributed by atoms with Crippen molar-refractivity contribution in [3.63, 3.8) is 0 Å². The molecule has 7 heteroatoms. The van der Waals surface area contributed by atoms with Crippen LogP contribution in [0.15, 0.2) is 29.2 Å². The van der Waals surface area contributed by atoms with E-state index in [0.29, 0.717) is 13.1 Å². The molecule has 23 heavy (non-hydrogen) atoms. The summed E-state index contributed by atoms with van der Waals surface area (Å²) in [5.41, 5.74) is 2.02. The standard InChI is InChI=1S/C16H22N4O2S/c1-11-7-20(9-14(22-11)12-4-5-23-10-12)16(21)15(17-2)13-6-18-19(3)8-13/h4-6,8,10-11,14-15,17H,7,9H2,1-3H3. The van der Waals surface area contributed by atoms with Crippen LogP contribution in [-0.2, 0) is 16.6 Å². The molecule has 124 valence electrons. The summed E-state index contributed by atoms with van der Waals surface area (Å²) in [4.78, 5) is 14.9. The minimum Gasteiger partial charge on any atom is -0.367 e. The van der Waals surface area contributed by atoms with Crippen LogP contribution in [0.5, 0.6) is 0 Å². The van der Waals surface area contributed by atoms with Crippen LogP contribution in [0.4, 0.5) is 0 Å². The van der Waals surface area contributed by atoms with Crippen molar-refractivity contribution in [3.05, 3.63) is 40.3 Å². The maximum atomic E-state index is 13.0. The number of hydrogen-bond acceptors (Lipinski definition) is 5. The van der Waals surface area contributed by atoms with Crippen LogP contribution in [0.1, 0.15) is 30.2 Å². The smallest absolute Gasteiger partial charge is 0.244 e. The van der Waals surface area contributed by atoms with Gasteiger partial charge in [0.25, 0.3) is 0 Å². The van der Waals surface area contributed by atoms with Crippen LogP contribution >= 0.6 is 11.3 Å². The summed E-state index contributed by atoms with van der Waals surface area (Å²) in [5.74, 6) is 0.0656. The largest absolute Gasteiger partial charge is 0.367 e. The Morgan fingerprint density at radius 1 is 1.52 bits per heavy atom. The molecule has 3 atom stereocenters. The Balaban J connectivity index is 1.77. The quantitative estimate of drug-likeness (QED) is 0.925. The van der Waals surface area contributed by atoms with Crippen LogP contribution in [0, 0.1) is 0 Å². The number of aromatic nitrogens is 2. The third-order valence-electron chi connectivity index (χ3n) is 4.08. The molecular weight excluding hydrogens is 312 g/mol. The Morgan fingerprint density at radius 3 is 2.96 bits per heavy atom. The number of ether oxygens (including phenoxy) is 1. The van der Waals surface area contributed by atoms with Gasteiger partial charge >= 0.3 is 0 Å². The third-order valence-corrected chi connectivity index (χ3v) is 4.78. The van der Waals surface area contributed by atoms with E-state index in [0.717, 1.165) is 11.1 Å². The highest BCUT2D eigenvalue weighted by Crippen LogP contribution is 2.28. The number of carbonyl (C=O) groups is 1. The van der Waals surface area contributed by atoms with Crippen molar-refractivity contribution in [3.8, 4) is 0 Å². The lowest BCUT2D eigenvalue weighted by Gasteiger charge is -2.38. The van der Waals surface area contributed by atoms with Gasteiger partial charge in [-0.2, -0.15) is 16.4 Å². The van der Waals surface area contributed by atoms with E-state index in [2.05, 4.69) is 21.9 Å². The number of aryl methyl sites for hydroxylation is 1. The van der Waals surface area contributed by atoms with Gasteiger partial charge in [0.2, 0.25) is 5.91 Å². The highest BCUT2D eigenvalue weighted by Gasteiger charge is 2.33. The Kier molecular flexibility index (Phi) is 4.79. The Bertz CT molecular complexity index is 655. The van der Waals surface area contributed by atoms with Crippen LogP contribution in [-0.4, -0.2) is 46.8 Å². The predicted molar refractivity (Wildman–Crippen MR) is 89.2 cm³/mol.